The molecule has 5 heteroatoms. The van der Waals surface area contributed by atoms with Gasteiger partial charge in [0.1, 0.15) is 0 Å². The molecule has 0 aliphatic carbocycles. The van der Waals surface area contributed by atoms with Crippen molar-refractivity contribution in [2.75, 3.05) is 18.4 Å². The topological polar surface area (TPSA) is 84.2 Å². The number of nitrogens with two attached hydrogens (primary N) is 1. The number of benzene rings is 1. The van der Waals surface area contributed by atoms with Gasteiger partial charge in [-0.1, -0.05) is 39.8 Å². The average molecular weight is 291 g/mol. The molecule has 0 aliphatic heterocycles. The highest BCUT2D eigenvalue weighted by molar-refractivity contribution is 5.95. The first kappa shape index (κ1) is 17.2. The number of carbonyl (C=O) groups is 2. The molecule has 1 rings (SSSR count). The van der Waals surface area contributed by atoms with Crippen molar-refractivity contribution >= 4 is 17.5 Å². The molecule has 5 nitrogen and oxygen atoms in total. The van der Waals surface area contributed by atoms with Crippen molar-refractivity contribution in [3.8, 4) is 0 Å². The van der Waals surface area contributed by atoms with Gasteiger partial charge in [-0.15, -0.1) is 0 Å². The summed E-state index contributed by atoms with van der Waals surface area (Å²) in [5.74, 6) is 0.147. The van der Waals surface area contributed by atoms with E-state index in [-0.39, 0.29) is 24.9 Å². The zero-order valence-corrected chi connectivity index (χ0v) is 13.2. The SMILES string of the molecule is CC(C)c1ccc(NC(=O)CNC(=O)CN)c(C(C)C)c1. The van der Waals surface area contributed by atoms with Crippen LogP contribution in [0.4, 0.5) is 5.69 Å². The molecule has 0 saturated carbocycles. The molecule has 0 unspecified atom stereocenters. The Morgan fingerprint density at radius 2 is 1.76 bits per heavy atom. The molecule has 1 aromatic carbocycles. The van der Waals surface area contributed by atoms with Crippen LogP contribution in [0.3, 0.4) is 0 Å². The van der Waals surface area contributed by atoms with Gasteiger partial charge in [0.25, 0.3) is 0 Å². The van der Waals surface area contributed by atoms with Gasteiger partial charge < -0.3 is 16.4 Å². The molecule has 0 radical (unpaired) electrons. The fourth-order valence-corrected chi connectivity index (χ4v) is 1.98. The highest BCUT2D eigenvalue weighted by Crippen LogP contribution is 2.28. The van der Waals surface area contributed by atoms with Crippen LogP contribution >= 0.6 is 0 Å². The van der Waals surface area contributed by atoms with Gasteiger partial charge in [-0.05, 0) is 29.0 Å². The Hall–Kier alpha value is -1.88. The minimum Gasteiger partial charge on any atom is -0.346 e. The molecule has 21 heavy (non-hydrogen) atoms. The summed E-state index contributed by atoms with van der Waals surface area (Å²) in [5, 5.41) is 5.30. The average Bonchev–Trinajstić information content (AvgIpc) is 2.44. The van der Waals surface area contributed by atoms with E-state index in [4.69, 9.17) is 5.73 Å². The van der Waals surface area contributed by atoms with E-state index in [1.807, 2.05) is 12.1 Å². The summed E-state index contributed by atoms with van der Waals surface area (Å²) >= 11 is 0. The number of anilines is 1. The molecule has 0 bridgehead atoms. The third-order valence-corrected chi connectivity index (χ3v) is 3.27. The lowest BCUT2D eigenvalue weighted by atomic mass is 9.94. The molecule has 4 N–H and O–H groups in total. The molecular weight excluding hydrogens is 266 g/mol. The van der Waals surface area contributed by atoms with Crippen LogP contribution in [0.25, 0.3) is 0 Å². The Kier molecular flexibility index (Phi) is 6.37. The lowest BCUT2D eigenvalue weighted by Crippen LogP contribution is -2.36. The van der Waals surface area contributed by atoms with Crippen LogP contribution in [0.5, 0.6) is 0 Å². The van der Waals surface area contributed by atoms with Gasteiger partial charge in [0.05, 0.1) is 13.1 Å². The van der Waals surface area contributed by atoms with Crippen LogP contribution in [0, 0.1) is 0 Å². The molecule has 0 atom stereocenters. The van der Waals surface area contributed by atoms with Crippen LogP contribution in [-0.2, 0) is 9.59 Å². The maximum Gasteiger partial charge on any atom is 0.243 e. The standard InChI is InChI=1S/C16H25N3O2/c1-10(2)12-5-6-14(13(7-12)11(3)4)19-16(21)9-18-15(20)8-17/h5-7,10-11H,8-9,17H2,1-4H3,(H,18,20)(H,19,21). The van der Waals surface area contributed by atoms with E-state index in [1.54, 1.807) is 0 Å². The number of hydrogen-bond donors (Lipinski definition) is 3. The van der Waals surface area contributed by atoms with E-state index in [9.17, 15) is 9.59 Å². The molecule has 0 aromatic heterocycles. The fourth-order valence-electron chi connectivity index (χ4n) is 1.98. The van der Waals surface area contributed by atoms with E-state index in [2.05, 4.69) is 44.4 Å². The summed E-state index contributed by atoms with van der Waals surface area (Å²) < 4.78 is 0. The second-order valence-electron chi connectivity index (χ2n) is 5.69. The molecule has 0 saturated heterocycles. The molecular formula is C16H25N3O2. The van der Waals surface area contributed by atoms with Crippen molar-refractivity contribution in [3.63, 3.8) is 0 Å². The van der Waals surface area contributed by atoms with Crippen molar-refractivity contribution in [1.82, 2.24) is 5.32 Å². The molecule has 2 amide bonds. The van der Waals surface area contributed by atoms with Crippen LogP contribution < -0.4 is 16.4 Å². The number of amides is 2. The quantitative estimate of drug-likeness (QED) is 0.749. The highest BCUT2D eigenvalue weighted by Gasteiger charge is 2.12. The third kappa shape index (κ3) is 5.19. The lowest BCUT2D eigenvalue weighted by molar-refractivity contribution is -0.123. The van der Waals surface area contributed by atoms with E-state index in [1.165, 1.54) is 5.56 Å². The van der Waals surface area contributed by atoms with E-state index in [0.29, 0.717) is 11.8 Å². The minimum atomic E-state index is -0.343. The van der Waals surface area contributed by atoms with Crippen LogP contribution in [0.15, 0.2) is 18.2 Å². The van der Waals surface area contributed by atoms with Gasteiger partial charge in [-0.25, -0.2) is 0 Å². The second kappa shape index (κ2) is 7.78. The van der Waals surface area contributed by atoms with E-state index in [0.717, 1.165) is 11.3 Å². The maximum atomic E-state index is 11.9. The summed E-state index contributed by atoms with van der Waals surface area (Å²) in [7, 11) is 0. The minimum absolute atomic E-state index is 0.0699. The zero-order chi connectivity index (χ0) is 16.0. The molecule has 0 spiro atoms. The van der Waals surface area contributed by atoms with Crippen molar-refractivity contribution in [3.05, 3.63) is 29.3 Å². The number of nitrogens with one attached hydrogen (secondary N) is 2. The van der Waals surface area contributed by atoms with Gasteiger partial charge in [0.15, 0.2) is 0 Å². The lowest BCUT2D eigenvalue weighted by Gasteiger charge is -2.17. The summed E-state index contributed by atoms with van der Waals surface area (Å²) in [4.78, 5) is 22.9. The predicted molar refractivity (Wildman–Crippen MR) is 85.3 cm³/mol. The van der Waals surface area contributed by atoms with Gasteiger partial charge in [0.2, 0.25) is 11.8 Å². The second-order valence-corrected chi connectivity index (χ2v) is 5.69. The molecule has 0 heterocycles. The Labute approximate surface area is 126 Å². The molecule has 0 fully saturated rings. The van der Waals surface area contributed by atoms with Gasteiger partial charge in [-0.2, -0.15) is 0 Å². The third-order valence-electron chi connectivity index (χ3n) is 3.27. The predicted octanol–water partition coefficient (Wildman–Crippen LogP) is 1.95. The Balaban J connectivity index is 2.82. The summed E-state index contributed by atoms with van der Waals surface area (Å²) in [5.41, 5.74) is 8.31. The summed E-state index contributed by atoms with van der Waals surface area (Å²) in [6.45, 7) is 8.27. The van der Waals surface area contributed by atoms with E-state index >= 15 is 0 Å². The maximum absolute atomic E-state index is 11.9. The first-order valence-electron chi connectivity index (χ1n) is 7.25. The first-order chi connectivity index (χ1) is 9.85. The number of rotatable bonds is 6. The molecule has 0 aliphatic rings. The van der Waals surface area contributed by atoms with Gasteiger partial charge in [-0.3, -0.25) is 9.59 Å². The number of hydrogen-bond acceptors (Lipinski definition) is 3. The summed E-state index contributed by atoms with van der Waals surface area (Å²) in [6.07, 6.45) is 0. The highest BCUT2D eigenvalue weighted by atomic mass is 16.2. The van der Waals surface area contributed by atoms with E-state index < -0.39 is 0 Å². The van der Waals surface area contributed by atoms with Crippen molar-refractivity contribution in [2.24, 2.45) is 5.73 Å². The van der Waals surface area contributed by atoms with Crippen molar-refractivity contribution < 1.29 is 9.59 Å². The Bertz CT molecular complexity index is 510. The smallest absolute Gasteiger partial charge is 0.243 e. The molecule has 116 valence electrons. The van der Waals surface area contributed by atoms with Crippen LogP contribution in [-0.4, -0.2) is 24.9 Å². The first-order valence-corrected chi connectivity index (χ1v) is 7.25. The Morgan fingerprint density at radius 1 is 1.10 bits per heavy atom. The largest absolute Gasteiger partial charge is 0.346 e. The normalized spacial score (nSPS) is 10.8. The Morgan fingerprint density at radius 3 is 2.29 bits per heavy atom. The van der Waals surface area contributed by atoms with Gasteiger partial charge >= 0.3 is 0 Å². The van der Waals surface area contributed by atoms with Crippen molar-refractivity contribution in [1.29, 1.82) is 0 Å². The van der Waals surface area contributed by atoms with Crippen LogP contribution in [0.1, 0.15) is 50.7 Å². The van der Waals surface area contributed by atoms with Crippen molar-refractivity contribution in [2.45, 2.75) is 39.5 Å². The monoisotopic (exact) mass is 291 g/mol. The van der Waals surface area contributed by atoms with Gasteiger partial charge in [0, 0.05) is 5.69 Å². The summed E-state index contributed by atoms with van der Waals surface area (Å²) in [6, 6.07) is 6.07. The van der Waals surface area contributed by atoms with Crippen LogP contribution in [0.2, 0.25) is 0 Å². The molecule has 1 aromatic rings. The fraction of sp³-hybridized carbons (Fsp3) is 0.500. The number of carbonyl (C=O) groups excluding carboxylic acids is 2. The zero-order valence-electron chi connectivity index (χ0n) is 13.2.